The van der Waals surface area contributed by atoms with Crippen molar-refractivity contribution in [2.24, 2.45) is 0 Å². The number of aliphatic carboxylic acids is 1. The molecule has 0 bridgehead atoms. The highest BCUT2D eigenvalue weighted by Gasteiger charge is 2.16. The molecule has 2 aromatic rings. The van der Waals surface area contributed by atoms with Gasteiger partial charge in [-0.1, -0.05) is 19.1 Å². The molecule has 1 aromatic heterocycles. The lowest BCUT2D eigenvalue weighted by molar-refractivity contribution is -0.137. The molecule has 1 heterocycles. The highest BCUT2D eigenvalue weighted by molar-refractivity contribution is 5.77. The summed E-state index contributed by atoms with van der Waals surface area (Å²) >= 11 is 0. The van der Waals surface area contributed by atoms with E-state index in [0.29, 0.717) is 29.8 Å². The molecule has 0 spiro atoms. The van der Waals surface area contributed by atoms with Gasteiger partial charge in [0.15, 0.2) is 0 Å². The minimum atomic E-state index is -0.826. The van der Waals surface area contributed by atoms with Gasteiger partial charge in [0.25, 0.3) is 5.56 Å². The molecule has 0 saturated carbocycles. The molecule has 0 amide bonds. The molecule has 1 atom stereocenters. The Hall–Kier alpha value is -2.21. The Bertz CT molecular complexity index is 711. The second-order valence-corrected chi connectivity index (χ2v) is 5.40. The molecule has 0 aliphatic heterocycles. The fourth-order valence-corrected chi connectivity index (χ4v) is 2.35. The molecule has 0 aliphatic rings. The van der Waals surface area contributed by atoms with Crippen molar-refractivity contribution in [3.05, 3.63) is 40.4 Å². The normalized spacial score (nSPS) is 12.7. The number of H-pyrrole nitrogens is 1. The number of aromatic nitrogens is 2. The zero-order chi connectivity index (χ0) is 16.1. The number of carboxylic acids is 1. The Labute approximate surface area is 128 Å². The summed E-state index contributed by atoms with van der Waals surface area (Å²) in [4.78, 5) is 32.2. The lowest BCUT2D eigenvalue weighted by atomic mass is 10.2. The predicted molar refractivity (Wildman–Crippen MR) is 84.8 cm³/mol. The zero-order valence-corrected chi connectivity index (χ0v) is 12.9. The van der Waals surface area contributed by atoms with Crippen LogP contribution in [0.1, 0.15) is 32.5 Å². The van der Waals surface area contributed by atoms with Crippen LogP contribution in [0.2, 0.25) is 0 Å². The summed E-state index contributed by atoms with van der Waals surface area (Å²) in [5.41, 5.74) is 0.492. The number of rotatable bonds is 7. The van der Waals surface area contributed by atoms with Gasteiger partial charge in [0.05, 0.1) is 23.9 Å². The number of aromatic amines is 1. The Morgan fingerprint density at radius 2 is 2.14 bits per heavy atom. The monoisotopic (exact) mass is 303 g/mol. The van der Waals surface area contributed by atoms with Crippen LogP contribution in [0.15, 0.2) is 29.1 Å². The van der Waals surface area contributed by atoms with Crippen LogP contribution in [-0.4, -0.2) is 38.5 Å². The van der Waals surface area contributed by atoms with Crippen molar-refractivity contribution in [1.82, 2.24) is 14.9 Å². The molecule has 0 saturated heterocycles. The summed E-state index contributed by atoms with van der Waals surface area (Å²) in [6, 6.07) is 7.41. The van der Waals surface area contributed by atoms with Crippen LogP contribution < -0.4 is 5.56 Å². The highest BCUT2D eigenvalue weighted by atomic mass is 16.4. The zero-order valence-electron chi connectivity index (χ0n) is 12.9. The number of nitrogens with one attached hydrogen (secondary N) is 1. The molecule has 6 heteroatoms. The van der Waals surface area contributed by atoms with E-state index in [1.54, 1.807) is 18.2 Å². The molecule has 6 nitrogen and oxygen atoms in total. The Morgan fingerprint density at radius 3 is 2.82 bits per heavy atom. The molecular formula is C16H21N3O3. The van der Waals surface area contributed by atoms with Gasteiger partial charge in [-0.25, -0.2) is 4.98 Å². The van der Waals surface area contributed by atoms with Gasteiger partial charge in [0.2, 0.25) is 0 Å². The van der Waals surface area contributed by atoms with Crippen LogP contribution in [0.3, 0.4) is 0 Å². The van der Waals surface area contributed by atoms with Gasteiger partial charge in [-0.05, 0) is 25.5 Å². The van der Waals surface area contributed by atoms with Gasteiger partial charge >= 0.3 is 5.97 Å². The van der Waals surface area contributed by atoms with Crippen LogP contribution >= 0.6 is 0 Å². The van der Waals surface area contributed by atoms with E-state index >= 15 is 0 Å². The first-order valence-corrected chi connectivity index (χ1v) is 7.45. The number of hydrogen-bond acceptors (Lipinski definition) is 4. The lowest BCUT2D eigenvalue weighted by Gasteiger charge is -2.27. The molecule has 1 aromatic carbocycles. The smallest absolute Gasteiger partial charge is 0.304 e. The number of carbonyl (C=O) groups is 1. The van der Waals surface area contributed by atoms with E-state index in [2.05, 4.69) is 16.9 Å². The molecule has 2 N–H and O–H groups in total. The molecule has 1 unspecified atom stereocenters. The summed E-state index contributed by atoms with van der Waals surface area (Å²) < 4.78 is 0. The topological polar surface area (TPSA) is 86.3 Å². The third-order valence-electron chi connectivity index (χ3n) is 3.84. The van der Waals surface area contributed by atoms with Crippen LogP contribution in [0.4, 0.5) is 0 Å². The molecular weight excluding hydrogens is 282 g/mol. The fraction of sp³-hybridized carbons (Fsp3) is 0.438. The van der Waals surface area contributed by atoms with Gasteiger partial charge in [0, 0.05) is 12.6 Å². The van der Waals surface area contributed by atoms with Crippen molar-refractivity contribution in [2.75, 3.05) is 6.54 Å². The second kappa shape index (κ2) is 7.17. The van der Waals surface area contributed by atoms with E-state index in [9.17, 15) is 9.59 Å². The first-order chi connectivity index (χ1) is 10.5. The van der Waals surface area contributed by atoms with E-state index in [-0.39, 0.29) is 18.0 Å². The van der Waals surface area contributed by atoms with E-state index in [4.69, 9.17) is 5.11 Å². The molecule has 0 aliphatic carbocycles. The summed E-state index contributed by atoms with van der Waals surface area (Å²) in [5, 5.41) is 9.43. The number of carboxylic acid groups (broad SMARTS) is 1. The summed E-state index contributed by atoms with van der Waals surface area (Å²) in [6.45, 7) is 4.96. The maximum atomic E-state index is 12.1. The van der Waals surface area contributed by atoms with E-state index in [1.807, 2.05) is 17.9 Å². The number of hydrogen-bond donors (Lipinski definition) is 2. The van der Waals surface area contributed by atoms with Crippen molar-refractivity contribution in [3.8, 4) is 0 Å². The molecule has 22 heavy (non-hydrogen) atoms. The van der Waals surface area contributed by atoms with E-state index in [0.717, 1.165) is 6.42 Å². The maximum Gasteiger partial charge on any atom is 0.304 e. The summed E-state index contributed by atoms with van der Waals surface area (Å²) in [6.07, 6.45) is 0.972. The highest BCUT2D eigenvalue weighted by Crippen LogP contribution is 2.11. The van der Waals surface area contributed by atoms with Crippen molar-refractivity contribution in [3.63, 3.8) is 0 Å². The van der Waals surface area contributed by atoms with Crippen molar-refractivity contribution in [1.29, 1.82) is 0 Å². The van der Waals surface area contributed by atoms with Crippen LogP contribution in [-0.2, 0) is 11.3 Å². The van der Waals surface area contributed by atoms with Crippen LogP contribution in [0, 0.1) is 0 Å². The number of benzene rings is 1. The average Bonchev–Trinajstić information content (AvgIpc) is 2.50. The van der Waals surface area contributed by atoms with Gasteiger partial charge in [-0.3, -0.25) is 14.5 Å². The largest absolute Gasteiger partial charge is 0.481 e. The second-order valence-electron chi connectivity index (χ2n) is 5.40. The number of nitrogens with zero attached hydrogens (tertiary/aromatic N) is 2. The van der Waals surface area contributed by atoms with Gasteiger partial charge in [-0.15, -0.1) is 0 Å². The molecule has 2 rings (SSSR count). The number of para-hydroxylation sites is 1. The molecule has 0 radical (unpaired) electrons. The Morgan fingerprint density at radius 1 is 1.41 bits per heavy atom. The maximum absolute atomic E-state index is 12.1. The minimum absolute atomic E-state index is 0.0716. The molecule has 118 valence electrons. The minimum Gasteiger partial charge on any atom is -0.481 e. The first-order valence-electron chi connectivity index (χ1n) is 7.45. The van der Waals surface area contributed by atoms with E-state index in [1.165, 1.54) is 0 Å². The van der Waals surface area contributed by atoms with Gasteiger partial charge in [0.1, 0.15) is 5.82 Å². The average molecular weight is 303 g/mol. The number of fused-ring (bicyclic) bond motifs is 1. The quantitative estimate of drug-likeness (QED) is 0.817. The van der Waals surface area contributed by atoms with Crippen LogP contribution in [0.25, 0.3) is 10.9 Å². The standard InChI is InChI=1S/C16H21N3O3/c1-3-11(2)19(9-8-15(20)21)10-14-17-13-7-5-4-6-12(13)16(22)18-14/h4-7,11H,3,8-10H2,1-2H3,(H,20,21)(H,17,18,22). The predicted octanol–water partition coefficient (Wildman–Crippen LogP) is 2.00. The lowest BCUT2D eigenvalue weighted by Crippen LogP contribution is -2.35. The van der Waals surface area contributed by atoms with Crippen molar-refractivity contribution >= 4 is 16.9 Å². The van der Waals surface area contributed by atoms with Crippen LogP contribution in [0.5, 0.6) is 0 Å². The summed E-state index contributed by atoms with van der Waals surface area (Å²) in [5.74, 6) is -0.261. The van der Waals surface area contributed by atoms with E-state index < -0.39 is 5.97 Å². The first kappa shape index (κ1) is 16.2. The van der Waals surface area contributed by atoms with Gasteiger partial charge < -0.3 is 10.1 Å². The fourth-order valence-electron chi connectivity index (χ4n) is 2.35. The summed E-state index contributed by atoms with van der Waals surface area (Å²) in [7, 11) is 0. The van der Waals surface area contributed by atoms with Crippen molar-refractivity contribution in [2.45, 2.75) is 39.3 Å². The molecule has 0 fully saturated rings. The van der Waals surface area contributed by atoms with Crippen molar-refractivity contribution < 1.29 is 9.90 Å². The SMILES string of the molecule is CCC(C)N(CCC(=O)O)Cc1nc2ccccc2c(=O)[nH]1. The Kier molecular flexibility index (Phi) is 5.27. The third-order valence-corrected chi connectivity index (χ3v) is 3.84. The Balaban J connectivity index is 2.25. The van der Waals surface area contributed by atoms with Gasteiger partial charge in [-0.2, -0.15) is 0 Å². The third kappa shape index (κ3) is 3.92.